The number of hydrogen-bond acceptors (Lipinski definition) is 6. The van der Waals surface area contributed by atoms with Crippen LogP contribution in [-0.2, 0) is 20.7 Å². The van der Waals surface area contributed by atoms with Crippen LogP contribution in [0.4, 0.5) is 0 Å². The quantitative estimate of drug-likeness (QED) is 0.573. The van der Waals surface area contributed by atoms with Gasteiger partial charge in [0.1, 0.15) is 0 Å². The summed E-state index contributed by atoms with van der Waals surface area (Å²) in [5.41, 5.74) is 3.86. The summed E-state index contributed by atoms with van der Waals surface area (Å²) < 4.78 is 5.07. The fraction of sp³-hybridized carbons (Fsp3) is 0.240. The smallest absolute Gasteiger partial charge is 0.338 e. The van der Waals surface area contributed by atoms with Gasteiger partial charge in [0, 0.05) is 17.3 Å². The average molecular weight is 482 g/mol. The second kappa shape index (κ2) is 10.3. The normalized spacial score (nSPS) is 17.3. The molecule has 2 aromatic rings. The Morgan fingerprint density at radius 2 is 1.88 bits per heavy atom. The first-order chi connectivity index (χ1) is 16.0. The van der Waals surface area contributed by atoms with Gasteiger partial charge in [0.15, 0.2) is 5.17 Å². The Hall–Kier alpha value is -3.03. The minimum atomic E-state index is -0.458. The van der Waals surface area contributed by atoms with Crippen molar-refractivity contribution in [2.45, 2.75) is 25.8 Å². The van der Waals surface area contributed by atoms with Crippen molar-refractivity contribution in [2.75, 3.05) is 13.7 Å². The van der Waals surface area contributed by atoms with Crippen molar-refractivity contribution in [3.05, 3.63) is 93.1 Å². The Morgan fingerprint density at radius 1 is 1.15 bits per heavy atom. The highest BCUT2D eigenvalue weighted by atomic mass is 35.5. The molecule has 6 nitrogen and oxygen atoms in total. The maximum Gasteiger partial charge on any atom is 0.338 e. The van der Waals surface area contributed by atoms with Crippen molar-refractivity contribution < 1.29 is 14.3 Å². The molecule has 2 aliphatic rings. The highest BCUT2D eigenvalue weighted by molar-refractivity contribution is 8.16. The molecule has 0 aromatic heterocycles. The summed E-state index contributed by atoms with van der Waals surface area (Å²) in [6.45, 7) is 2.35. The maximum atomic E-state index is 12.7. The van der Waals surface area contributed by atoms with Crippen LogP contribution in [0.5, 0.6) is 0 Å². The molecule has 2 aromatic carbocycles. The molecule has 1 amide bonds. The molecule has 33 heavy (non-hydrogen) atoms. The van der Waals surface area contributed by atoms with E-state index in [0.717, 1.165) is 22.8 Å². The van der Waals surface area contributed by atoms with Crippen LogP contribution in [0.3, 0.4) is 0 Å². The van der Waals surface area contributed by atoms with Crippen molar-refractivity contribution in [1.82, 2.24) is 10.2 Å². The molecule has 0 fully saturated rings. The minimum Gasteiger partial charge on any atom is -0.466 e. The van der Waals surface area contributed by atoms with Crippen LogP contribution in [-0.4, -0.2) is 35.6 Å². The van der Waals surface area contributed by atoms with Crippen LogP contribution in [0, 0.1) is 0 Å². The van der Waals surface area contributed by atoms with Gasteiger partial charge in [0.05, 0.1) is 30.8 Å². The number of ether oxygens (including phenoxy) is 1. The van der Waals surface area contributed by atoms with Crippen molar-refractivity contribution in [3.63, 3.8) is 0 Å². The molecule has 0 spiro atoms. The predicted octanol–water partition coefficient (Wildman–Crippen LogP) is 4.84. The number of aliphatic imine (C=N–C) groups is 1. The second-order valence-corrected chi connectivity index (χ2v) is 8.97. The number of carbonyl (C=O) groups is 2. The topological polar surface area (TPSA) is 71.0 Å². The van der Waals surface area contributed by atoms with E-state index >= 15 is 0 Å². The van der Waals surface area contributed by atoms with Gasteiger partial charge in [-0.1, -0.05) is 65.8 Å². The van der Waals surface area contributed by atoms with Crippen molar-refractivity contribution in [1.29, 1.82) is 0 Å². The molecular formula is C25H24ClN3O3S. The van der Waals surface area contributed by atoms with Gasteiger partial charge in [-0.15, -0.1) is 0 Å². The molecule has 170 valence electrons. The van der Waals surface area contributed by atoms with E-state index in [9.17, 15) is 9.59 Å². The zero-order valence-electron chi connectivity index (χ0n) is 18.4. The van der Waals surface area contributed by atoms with E-state index in [-0.39, 0.29) is 12.3 Å². The summed E-state index contributed by atoms with van der Waals surface area (Å²) in [6.07, 6.45) is 0.941. The monoisotopic (exact) mass is 481 g/mol. The third kappa shape index (κ3) is 5.15. The average Bonchev–Trinajstić information content (AvgIpc) is 3.20. The Morgan fingerprint density at radius 3 is 2.58 bits per heavy atom. The lowest BCUT2D eigenvalue weighted by Gasteiger charge is -2.36. The molecule has 2 heterocycles. The summed E-state index contributed by atoms with van der Waals surface area (Å²) in [7, 11) is 1.36. The van der Waals surface area contributed by atoms with E-state index in [2.05, 4.69) is 10.3 Å². The van der Waals surface area contributed by atoms with Crippen LogP contribution in [0.1, 0.15) is 30.5 Å². The number of amidine groups is 1. The Labute approximate surface area is 202 Å². The van der Waals surface area contributed by atoms with Gasteiger partial charge in [-0.05, 0) is 42.0 Å². The summed E-state index contributed by atoms with van der Waals surface area (Å²) >= 11 is 7.54. The molecule has 0 aliphatic carbocycles. The second-order valence-electron chi connectivity index (χ2n) is 7.70. The van der Waals surface area contributed by atoms with Crippen molar-refractivity contribution >= 4 is 40.4 Å². The molecule has 2 aliphatic heterocycles. The van der Waals surface area contributed by atoms with Gasteiger partial charge in [-0.2, -0.15) is 0 Å². The summed E-state index contributed by atoms with van der Waals surface area (Å²) in [4.78, 5) is 32.0. The summed E-state index contributed by atoms with van der Waals surface area (Å²) in [5.74, 6) is -0.529. The lowest BCUT2D eigenvalue weighted by atomic mass is 9.94. The van der Waals surface area contributed by atoms with E-state index in [4.69, 9.17) is 16.3 Å². The third-order valence-corrected chi connectivity index (χ3v) is 6.65. The van der Waals surface area contributed by atoms with Crippen molar-refractivity contribution in [3.8, 4) is 0 Å². The van der Waals surface area contributed by atoms with Gasteiger partial charge in [0.25, 0.3) is 0 Å². The molecule has 0 saturated heterocycles. The third-order valence-electron chi connectivity index (χ3n) is 5.51. The fourth-order valence-corrected chi connectivity index (χ4v) is 5.01. The van der Waals surface area contributed by atoms with Gasteiger partial charge in [0.2, 0.25) is 5.91 Å². The summed E-state index contributed by atoms with van der Waals surface area (Å²) in [6, 6.07) is 16.9. The SMILES string of the molecule is COC(=O)C1=C(C)N=C2SC=C(CC(=O)NCCc3ccccc3)N2C1c1ccc(Cl)cc1. The molecule has 4 rings (SSSR count). The number of hydrogen-bond donors (Lipinski definition) is 1. The Balaban J connectivity index is 1.54. The number of fused-ring (bicyclic) bond motifs is 1. The first-order valence-electron chi connectivity index (χ1n) is 10.6. The number of benzene rings is 2. The first kappa shape index (κ1) is 23.1. The van der Waals surface area contributed by atoms with E-state index in [0.29, 0.717) is 22.8 Å². The molecule has 1 N–H and O–H groups in total. The molecular weight excluding hydrogens is 458 g/mol. The molecule has 0 bridgehead atoms. The van der Waals surface area contributed by atoms with Crippen LogP contribution < -0.4 is 5.32 Å². The maximum absolute atomic E-state index is 12.7. The van der Waals surface area contributed by atoms with Crippen LogP contribution in [0.25, 0.3) is 0 Å². The lowest BCUT2D eigenvalue weighted by Crippen LogP contribution is -2.38. The largest absolute Gasteiger partial charge is 0.466 e. The first-order valence-corrected chi connectivity index (χ1v) is 11.8. The van der Waals surface area contributed by atoms with Crippen LogP contribution in [0.2, 0.25) is 5.02 Å². The molecule has 0 saturated carbocycles. The van der Waals surface area contributed by atoms with Gasteiger partial charge in [-0.3, -0.25) is 4.79 Å². The van der Waals surface area contributed by atoms with E-state index < -0.39 is 12.0 Å². The zero-order chi connectivity index (χ0) is 23.4. The highest BCUT2D eigenvalue weighted by Gasteiger charge is 2.40. The molecule has 1 atom stereocenters. The van der Waals surface area contributed by atoms with Gasteiger partial charge < -0.3 is 15.0 Å². The van der Waals surface area contributed by atoms with E-state index in [1.54, 1.807) is 19.1 Å². The number of nitrogens with one attached hydrogen (secondary N) is 1. The standard InChI is InChI=1S/C25H24ClN3O3S/c1-16-22(24(31)32-2)23(18-8-10-19(26)11-9-18)29-20(15-33-25(29)28-16)14-21(30)27-13-12-17-6-4-3-5-7-17/h3-11,15,23H,12-14H2,1-2H3,(H,27,30). The molecule has 0 radical (unpaired) electrons. The van der Waals surface area contributed by atoms with E-state index in [1.165, 1.54) is 24.4 Å². The summed E-state index contributed by atoms with van der Waals surface area (Å²) in [5, 5.41) is 6.25. The lowest BCUT2D eigenvalue weighted by molar-refractivity contribution is -0.136. The number of nitrogens with zero attached hydrogens (tertiary/aromatic N) is 2. The number of halogens is 1. The number of thioether (sulfide) groups is 1. The fourth-order valence-electron chi connectivity index (χ4n) is 3.92. The number of esters is 1. The number of methoxy groups -OCH3 is 1. The molecule has 8 heteroatoms. The van der Waals surface area contributed by atoms with Crippen LogP contribution in [0.15, 0.2) is 82.0 Å². The van der Waals surface area contributed by atoms with Gasteiger partial charge >= 0.3 is 5.97 Å². The van der Waals surface area contributed by atoms with Crippen molar-refractivity contribution in [2.24, 2.45) is 4.99 Å². The predicted molar refractivity (Wildman–Crippen MR) is 132 cm³/mol. The molecule has 1 unspecified atom stereocenters. The van der Waals surface area contributed by atoms with Gasteiger partial charge in [-0.25, -0.2) is 9.79 Å². The highest BCUT2D eigenvalue weighted by Crippen LogP contribution is 2.44. The number of allylic oxidation sites excluding steroid dienone is 1. The Kier molecular flexibility index (Phi) is 7.20. The minimum absolute atomic E-state index is 0.0835. The van der Waals surface area contributed by atoms with Crippen LogP contribution >= 0.6 is 23.4 Å². The van der Waals surface area contributed by atoms with E-state index in [1.807, 2.05) is 52.8 Å². The number of amides is 1. The number of rotatable bonds is 7. The number of carbonyl (C=O) groups excluding carboxylic acids is 2. The zero-order valence-corrected chi connectivity index (χ0v) is 19.9. The Bertz CT molecular complexity index is 1140.